The van der Waals surface area contributed by atoms with E-state index < -0.39 is 23.3 Å². The summed E-state index contributed by atoms with van der Waals surface area (Å²) in [5.41, 5.74) is 1.24. The van der Waals surface area contributed by atoms with Gasteiger partial charge in [-0.15, -0.1) is 0 Å². The molecule has 0 amide bonds. The van der Waals surface area contributed by atoms with Gasteiger partial charge < -0.3 is 20.3 Å². The van der Waals surface area contributed by atoms with Gasteiger partial charge in [-0.2, -0.15) is 0 Å². The van der Waals surface area contributed by atoms with Crippen molar-refractivity contribution in [2.24, 2.45) is 5.41 Å². The van der Waals surface area contributed by atoms with Crippen molar-refractivity contribution in [2.45, 2.75) is 76.0 Å². The number of pyridine rings is 1. The molecular weight excluding hydrogens is 478 g/mol. The summed E-state index contributed by atoms with van der Waals surface area (Å²) in [5, 5.41) is 25.3. The van der Waals surface area contributed by atoms with Gasteiger partial charge >= 0.3 is 0 Å². The van der Waals surface area contributed by atoms with Crippen molar-refractivity contribution in [1.82, 2.24) is 15.0 Å². The van der Waals surface area contributed by atoms with Crippen LogP contribution >= 0.6 is 0 Å². The molecule has 2 saturated carbocycles. The van der Waals surface area contributed by atoms with Gasteiger partial charge in [0.25, 0.3) is 0 Å². The molecule has 6 rings (SSSR count). The van der Waals surface area contributed by atoms with Crippen molar-refractivity contribution >= 4 is 16.9 Å². The number of fused-ring (bicyclic) bond motifs is 1. The number of hydrogen-bond donors (Lipinski definition) is 3. The second-order valence-corrected chi connectivity index (χ2v) is 11.4. The molecule has 2 aromatic heterocycles. The lowest BCUT2D eigenvalue weighted by atomic mass is 9.48. The standard InChI is InChI=1S/C28H32F2N4O3/c1-15(2)23-17-8-16(24-20(30)11-32-26(34-24)33-21-4-7-37-12-22(21)35)9-19(29)25(17)31-10-18(23)28(36)13-27(14-28)5-3-6-27/h8-11,15,21-22,35-36H,3-7,12-14H2,1-2H3,(H,32,33,34)/t21-,22-/m1/s1. The summed E-state index contributed by atoms with van der Waals surface area (Å²) < 4.78 is 35.6. The fourth-order valence-corrected chi connectivity index (χ4v) is 6.51. The van der Waals surface area contributed by atoms with E-state index in [0.717, 1.165) is 30.2 Å². The van der Waals surface area contributed by atoms with Gasteiger partial charge in [-0.3, -0.25) is 4.98 Å². The van der Waals surface area contributed by atoms with Gasteiger partial charge in [-0.25, -0.2) is 18.7 Å². The minimum absolute atomic E-state index is 0.0143. The summed E-state index contributed by atoms with van der Waals surface area (Å²) in [5.74, 6) is -1.13. The zero-order valence-corrected chi connectivity index (χ0v) is 21.1. The van der Waals surface area contributed by atoms with Gasteiger partial charge in [0, 0.05) is 29.3 Å². The van der Waals surface area contributed by atoms with E-state index in [1.807, 2.05) is 13.8 Å². The molecule has 0 radical (unpaired) electrons. The summed E-state index contributed by atoms with van der Waals surface area (Å²) in [4.78, 5) is 12.8. The topological polar surface area (TPSA) is 100 Å². The number of aliphatic hydroxyl groups excluding tert-OH is 1. The molecule has 2 atom stereocenters. The maximum atomic E-state index is 15.4. The number of rotatable bonds is 5. The second kappa shape index (κ2) is 8.92. The Bertz CT molecular complexity index is 1350. The third kappa shape index (κ3) is 4.17. The number of nitrogens with zero attached hydrogens (tertiary/aromatic N) is 3. The van der Waals surface area contributed by atoms with Crippen molar-refractivity contribution in [1.29, 1.82) is 0 Å². The molecule has 196 valence electrons. The van der Waals surface area contributed by atoms with Crippen LogP contribution in [0.4, 0.5) is 14.7 Å². The van der Waals surface area contributed by atoms with Crippen LogP contribution in [0.2, 0.25) is 0 Å². The molecule has 1 aromatic carbocycles. The van der Waals surface area contributed by atoms with E-state index in [4.69, 9.17) is 4.74 Å². The summed E-state index contributed by atoms with van der Waals surface area (Å²) in [6.45, 7) is 4.70. The number of benzene rings is 1. The van der Waals surface area contributed by atoms with Crippen LogP contribution in [-0.4, -0.2) is 50.5 Å². The third-order valence-corrected chi connectivity index (χ3v) is 8.45. The smallest absolute Gasteiger partial charge is 0.223 e. The first-order valence-electron chi connectivity index (χ1n) is 13.1. The Morgan fingerprint density at radius 2 is 1.89 bits per heavy atom. The minimum Gasteiger partial charge on any atom is -0.389 e. The van der Waals surface area contributed by atoms with Crippen LogP contribution in [-0.2, 0) is 10.3 Å². The SMILES string of the molecule is CC(C)c1c(C2(O)CC3(CCC3)C2)cnc2c(F)cc(-c3nc(N[C@@H]4CCOC[C@H]4O)ncc3F)cc12. The minimum atomic E-state index is -0.977. The molecule has 0 unspecified atom stereocenters. The average molecular weight is 511 g/mol. The molecule has 3 fully saturated rings. The molecule has 1 spiro atoms. The fraction of sp³-hybridized carbons (Fsp3) is 0.536. The van der Waals surface area contributed by atoms with E-state index in [2.05, 4.69) is 20.3 Å². The zero-order chi connectivity index (χ0) is 25.9. The van der Waals surface area contributed by atoms with Crippen LogP contribution in [0.25, 0.3) is 22.2 Å². The molecule has 3 heterocycles. The number of ether oxygens (including phenoxy) is 1. The molecule has 9 heteroatoms. The molecule has 37 heavy (non-hydrogen) atoms. The van der Waals surface area contributed by atoms with Gasteiger partial charge in [0.05, 0.1) is 30.6 Å². The number of nitrogens with one attached hydrogen (secondary N) is 1. The number of anilines is 1. The Morgan fingerprint density at radius 1 is 1.11 bits per heavy atom. The van der Waals surface area contributed by atoms with E-state index >= 15 is 4.39 Å². The van der Waals surface area contributed by atoms with E-state index in [0.29, 0.717) is 31.3 Å². The van der Waals surface area contributed by atoms with Crippen LogP contribution in [0.1, 0.15) is 69.4 Å². The predicted molar refractivity (Wildman–Crippen MR) is 135 cm³/mol. The van der Waals surface area contributed by atoms with E-state index in [9.17, 15) is 14.6 Å². The highest BCUT2D eigenvalue weighted by atomic mass is 19.1. The number of hydrogen-bond acceptors (Lipinski definition) is 7. The molecule has 3 aliphatic rings. The number of aliphatic hydroxyl groups is 2. The molecular formula is C28H32F2N4O3. The highest BCUT2D eigenvalue weighted by molar-refractivity contribution is 5.89. The number of halogens is 2. The molecule has 0 bridgehead atoms. The van der Waals surface area contributed by atoms with Gasteiger partial charge in [0.15, 0.2) is 5.82 Å². The lowest BCUT2D eigenvalue weighted by Gasteiger charge is -2.59. The van der Waals surface area contributed by atoms with Crippen LogP contribution in [0, 0.1) is 17.0 Å². The summed E-state index contributed by atoms with van der Waals surface area (Å²) in [7, 11) is 0. The molecule has 1 aliphatic heterocycles. The monoisotopic (exact) mass is 510 g/mol. The summed E-state index contributed by atoms with van der Waals surface area (Å²) in [6, 6.07) is 2.62. The highest BCUT2D eigenvalue weighted by Crippen LogP contribution is 2.64. The van der Waals surface area contributed by atoms with E-state index in [1.54, 1.807) is 12.3 Å². The van der Waals surface area contributed by atoms with E-state index in [-0.39, 0.29) is 46.7 Å². The van der Waals surface area contributed by atoms with Gasteiger partial charge in [0.2, 0.25) is 5.95 Å². The van der Waals surface area contributed by atoms with Crippen molar-refractivity contribution in [2.75, 3.05) is 18.5 Å². The quantitative estimate of drug-likeness (QED) is 0.453. The number of aromatic nitrogens is 3. The first kappa shape index (κ1) is 24.6. The molecule has 3 N–H and O–H groups in total. The first-order valence-corrected chi connectivity index (χ1v) is 13.1. The highest BCUT2D eigenvalue weighted by Gasteiger charge is 2.57. The second-order valence-electron chi connectivity index (χ2n) is 11.4. The Kier molecular flexibility index (Phi) is 5.93. The van der Waals surface area contributed by atoms with Crippen LogP contribution in [0.15, 0.2) is 24.5 Å². The van der Waals surface area contributed by atoms with Crippen LogP contribution in [0.3, 0.4) is 0 Å². The Morgan fingerprint density at radius 3 is 2.57 bits per heavy atom. The maximum absolute atomic E-state index is 15.4. The first-order chi connectivity index (χ1) is 17.7. The Hall–Kier alpha value is -2.75. The average Bonchev–Trinajstić information content (AvgIpc) is 2.82. The molecule has 7 nitrogen and oxygen atoms in total. The lowest BCUT2D eigenvalue weighted by Crippen LogP contribution is -2.53. The van der Waals surface area contributed by atoms with Crippen molar-refractivity contribution < 1.29 is 23.7 Å². The van der Waals surface area contributed by atoms with Crippen LogP contribution < -0.4 is 5.32 Å². The zero-order valence-electron chi connectivity index (χ0n) is 21.1. The van der Waals surface area contributed by atoms with Crippen LogP contribution in [0.5, 0.6) is 0 Å². The van der Waals surface area contributed by atoms with Crippen molar-refractivity contribution in [3.05, 3.63) is 47.3 Å². The van der Waals surface area contributed by atoms with Gasteiger partial charge in [0.1, 0.15) is 17.0 Å². The third-order valence-electron chi connectivity index (χ3n) is 8.45. The largest absolute Gasteiger partial charge is 0.389 e. The maximum Gasteiger partial charge on any atom is 0.223 e. The van der Waals surface area contributed by atoms with Gasteiger partial charge in [-0.1, -0.05) is 20.3 Å². The Balaban J connectivity index is 1.42. The Labute approximate surface area is 214 Å². The normalized spacial score (nSPS) is 24.2. The van der Waals surface area contributed by atoms with Gasteiger partial charge in [-0.05, 0) is 61.1 Å². The lowest BCUT2D eigenvalue weighted by molar-refractivity contribution is -0.169. The predicted octanol–water partition coefficient (Wildman–Crippen LogP) is 4.81. The van der Waals surface area contributed by atoms with E-state index in [1.165, 1.54) is 12.5 Å². The molecule has 3 aromatic rings. The molecule has 1 saturated heterocycles. The fourth-order valence-electron chi connectivity index (χ4n) is 6.51. The molecule has 2 aliphatic carbocycles. The summed E-state index contributed by atoms with van der Waals surface area (Å²) in [6.07, 6.45) is 7.36. The summed E-state index contributed by atoms with van der Waals surface area (Å²) >= 11 is 0. The van der Waals surface area contributed by atoms with Crippen molar-refractivity contribution in [3.8, 4) is 11.3 Å². The van der Waals surface area contributed by atoms with Crippen molar-refractivity contribution in [3.63, 3.8) is 0 Å².